The Balaban J connectivity index is 1.16. The first kappa shape index (κ1) is 31.6. The zero-order chi connectivity index (χ0) is 38.0. The number of hydrogen-bond donors (Lipinski definition) is 0. The molecule has 0 radical (unpaired) electrons. The van der Waals surface area contributed by atoms with Crippen molar-refractivity contribution in [3.05, 3.63) is 229 Å². The van der Waals surface area contributed by atoms with Gasteiger partial charge in [-0.15, -0.1) is 0 Å². The second kappa shape index (κ2) is 11.7. The lowest BCUT2D eigenvalue weighted by Gasteiger charge is -2.31. The Kier molecular flexibility index (Phi) is 6.37. The van der Waals surface area contributed by atoms with E-state index in [-0.39, 0.29) is 0 Å². The molecular weight excluding hydrogens is 705 g/mol. The van der Waals surface area contributed by atoms with Gasteiger partial charge in [0.15, 0.2) is 0 Å². The first-order valence-electron chi connectivity index (χ1n) is 20.0. The van der Waals surface area contributed by atoms with Gasteiger partial charge in [-0.1, -0.05) is 140 Å². The van der Waals surface area contributed by atoms with Gasteiger partial charge in [0.2, 0.25) is 0 Å². The van der Waals surface area contributed by atoms with Gasteiger partial charge < -0.3 is 13.9 Å². The molecule has 270 valence electrons. The number of furan rings is 1. The second-order valence-electron chi connectivity index (χ2n) is 15.6. The van der Waals surface area contributed by atoms with Crippen molar-refractivity contribution in [2.24, 2.45) is 0 Å². The standard InChI is InChI=1S/C55H34N2O/c1-4-16-35(17-5-1)56(36-18-6-2-7-19-36)38-28-31-47-44(34-38)51-48(55(47)45-25-13-10-22-39(45)40-23-11-14-26-46(40)55)32-29-41-42-30-33-50-52(54(42)58-53(41)51)43-24-12-15-27-49(43)57(50)37-20-8-3-9-21-37/h1-34H. The Morgan fingerprint density at radius 1 is 0.379 bits per heavy atom. The van der Waals surface area contributed by atoms with Gasteiger partial charge in [0.1, 0.15) is 11.2 Å². The topological polar surface area (TPSA) is 21.3 Å². The van der Waals surface area contributed by atoms with E-state index in [1.54, 1.807) is 0 Å². The summed E-state index contributed by atoms with van der Waals surface area (Å²) in [5.74, 6) is 0. The van der Waals surface area contributed by atoms with E-state index in [1.165, 1.54) is 44.3 Å². The first-order chi connectivity index (χ1) is 28.8. The quantitative estimate of drug-likeness (QED) is 0.179. The van der Waals surface area contributed by atoms with Crippen molar-refractivity contribution in [3.8, 4) is 27.9 Å². The summed E-state index contributed by atoms with van der Waals surface area (Å²) in [6.07, 6.45) is 0. The van der Waals surface area contributed by atoms with Crippen molar-refractivity contribution in [1.82, 2.24) is 4.57 Å². The normalized spacial score (nSPS) is 13.3. The van der Waals surface area contributed by atoms with Crippen molar-refractivity contribution in [1.29, 1.82) is 0 Å². The monoisotopic (exact) mass is 738 g/mol. The highest BCUT2D eigenvalue weighted by atomic mass is 16.3. The zero-order valence-electron chi connectivity index (χ0n) is 31.4. The molecule has 0 atom stereocenters. The average molecular weight is 739 g/mol. The number of rotatable bonds is 4. The smallest absolute Gasteiger partial charge is 0.145 e. The molecule has 9 aromatic carbocycles. The number of anilines is 3. The van der Waals surface area contributed by atoms with Crippen LogP contribution in [0.15, 0.2) is 211 Å². The highest BCUT2D eigenvalue weighted by Crippen LogP contribution is 2.64. The van der Waals surface area contributed by atoms with Gasteiger partial charge in [-0.3, -0.25) is 0 Å². The lowest BCUT2D eigenvalue weighted by molar-refractivity contribution is 0.673. The van der Waals surface area contributed by atoms with E-state index < -0.39 is 5.41 Å². The minimum atomic E-state index is -0.507. The maximum Gasteiger partial charge on any atom is 0.145 e. The third kappa shape index (κ3) is 4.02. The van der Waals surface area contributed by atoms with E-state index in [1.807, 2.05) is 0 Å². The number of para-hydroxylation sites is 4. The van der Waals surface area contributed by atoms with Gasteiger partial charge in [0.05, 0.1) is 21.8 Å². The minimum Gasteiger partial charge on any atom is -0.455 e. The van der Waals surface area contributed by atoms with Gasteiger partial charge in [0.25, 0.3) is 0 Å². The molecule has 0 unspecified atom stereocenters. The second-order valence-corrected chi connectivity index (χ2v) is 15.6. The summed E-state index contributed by atoms with van der Waals surface area (Å²) in [6, 6.07) is 75.1. The molecule has 2 aliphatic rings. The predicted molar refractivity (Wildman–Crippen MR) is 239 cm³/mol. The highest BCUT2D eigenvalue weighted by molar-refractivity contribution is 6.25. The molecule has 0 fully saturated rings. The zero-order valence-corrected chi connectivity index (χ0v) is 31.4. The van der Waals surface area contributed by atoms with Gasteiger partial charge in [-0.2, -0.15) is 0 Å². The molecule has 0 bridgehead atoms. The average Bonchev–Trinajstić information content (AvgIpc) is 4.01. The van der Waals surface area contributed by atoms with Crippen LogP contribution in [0.1, 0.15) is 22.3 Å². The van der Waals surface area contributed by atoms with Gasteiger partial charge in [-0.25, -0.2) is 0 Å². The molecule has 0 saturated carbocycles. The van der Waals surface area contributed by atoms with E-state index >= 15 is 0 Å². The summed E-state index contributed by atoms with van der Waals surface area (Å²) in [6.45, 7) is 0. The number of fused-ring (bicyclic) bond motifs is 18. The molecule has 11 aromatic rings. The maximum atomic E-state index is 7.44. The van der Waals surface area contributed by atoms with Crippen LogP contribution in [0.4, 0.5) is 17.1 Å². The maximum absolute atomic E-state index is 7.44. The van der Waals surface area contributed by atoms with E-state index in [4.69, 9.17) is 4.42 Å². The lowest BCUT2D eigenvalue weighted by atomic mass is 9.70. The molecule has 3 nitrogen and oxygen atoms in total. The Morgan fingerprint density at radius 2 is 0.931 bits per heavy atom. The van der Waals surface area contributed by atoms with Crippen molar-refractivity contribution >= 4 is 60.8 Å². The predicted octanol–water partition coefficient (Wildman–Crippen LogP) is 14.5. The van der Waals surface area contributed by atoms with E-state index in [0.717, 1.165) is 66.7 Å². The SMILES string of the molecule is c1ccc(N(c2ccccc2)c2ccc3c(c2)-c2c(ccc4c2oc2c4ccc4c2c2ccccc2n4-c2ccccc2)C32c3ccccc3-c3ccccc32)cc1. The molecule has 2 aliphatic carbocycles. The molecule has 1 spiro atoms. The van der Waals surface area contributed by atoms with Crippen LogP contribution in [0, 0.1) is 0 Å². The third-order valence-corrected chi connectivity index (χ3v) is 12.8. The molecule has 58 heavy (non-hydrogen) atoms. The summed E-state index contributed by atoms with van der Waals surface area (Å²) in [7, 11) is 0. The van der Waals surface area contributed by atoms with E-state index in [2.05, 4.69) is 216 Å². The van der Waals surface area contributed by atoms with Crippen LogP contribution in [0.25, 0.3) is 71.7 Å². The van der Waals surface area contributed by atoms with E-state index in [0.29, 0.717) is 0 Å². The summed E-state index contributed by atoms with van der Waals surface area (Å²) in [5, 5.41) is 4.58. The van der Waals surface area contributed by atoms with Crippen LogP contribution >= 0.6 is 0 Å². The molecular formula is C55H34N2O. The highest BCUT2D eigenvalue weighted by Gasteiger charge is 2.52. The Morgan fingerprint density at radius 3 is 1.64 bits per heavy atom. The fourth-order valence-corrected chi connectivity index (χ4v) is 10.6. The van der Waals surface area contributed by atoms with Crippen LogP contribution in [0.2, 0.25) is 0 Å². The van der Waals surface area contributed by atoms with Gasteiger partial charge in [0, 0.05) is 44.5 Å². The third-order valence-electron chi connectivity index (χ3n) is 12.8. The molecule has 13 rings (SSSR count). The number of hydrogen-bond acceptors (Lipinski definition) is 2. The van der Waals surface area contributed by atoms with E-state index in [9.17, 15) is 0 Å². The van der Waals surface area contributed by atoms with Gasteiger partial charge >= 0.3 is 0 Å². The van der Waals surface area contributed by atoms with Crippen molar-refractivity contribution < 1.29 is 4.42 Å². The van der Waals surface area contributed by atoms with Gasteiger partial charge in [-0.05, 0) is 106 Å². The van der Waals surface area contributed by atoms with Crippen LogP contribution in [-0.2, 0) is 5.41 Å². The van der Waals surface area contributed by atoms with Crippen LogP contribution in [0.3, 0.4) is 0 Å². The summed E-state index contributed by atoms with van der Waals surface area (Å²) in [4.78, 5) is 2.36. The molecule has 3 heteroatoms. The largest absolute Gasteiger partial charge is 0.455 e. The van der Waals surface area contributed by atoms with Crippen LogP contribution in [-0.4, -0.2) is 4.57 Å². The van der Waals surface area contributed by atoms with Crippen molar-refractivity contribution in [2.75, 3.05) is 4.90 Å². The number of aromatic nitrogens is 1. The molecule has 0 amide bonds. The van der Waals surface area contributed by atoms with Crippen LogP contribution < -0.4 is 4.90 Å². The van der Waals surface area contributed by atoms with Crippen molar-refractivity contribution in [3.63, 3.8) is 0 Å². The fraction of sp³-hybridized carbons (Fsp3) is 0.0182. The summed E-state index contributed by atoms with van der Waals surface area (Å²) < 4.78 is 9.81. The van der Waals surface area contributed by atoms with Crippen LogP contribution in [0.5, 0.6) is 0 Å². The molecule has 0 saturated heterocycles. The number of benzene rings is 9. The Hall–Kier alpha value is -7.62. The lowest BCUT2D eigenvalue weighted by Crippen LogP contribution is -2.25. The Bertz CT molecular complexity index is 3360. The minimum absolute atomic E-state index is 0.507. The Labute approximate surface area is 335 Å². The van der Waals surface area contributed by atoms with Crippen molar-refractivity contribution in [2.45, 2.75) is 5.41 Å². The number of nitrogens with zero attached hydrogens (tertiary/aromatic N) is 2. The first-order valence-corrected chi connectivity index (χ1v) is 20.0. The molecule has 2 aromatic heterocycles. The molecule has 0 N–H and O–H groups in total. The molecule has 2 heterocycles. The summed E-state index contributed by atoms with van der Waals surface area (Å²) >= 11 is 0. The fourth-order valence-electron chi connectivity index (χ4n) is 10.6. The summed E-state index contributed by atoms with van der Waals surface area (Å²) in [5.41, 5.74) is 18.2. The molecule has 0 aliphatic heterocycles.